The molecule has 2 N–H and O–H groups in total. The molecule has 1 aliphatic rings. The van der Waals surface area contributed by atoms with E-state index in [2.05, 4.69) is 13.5 Å². The highest BCUT2D eigenvalue weighted by Crippen LogP contribution is 2.28. The Morgan fingerprint density at radius 1 is 1.64 bits per heavy atom. The van der Waals surface area contributed by atoms with Crippen molar-refractivity contribution < 1.29 is 4.43 Å². The number of nitrogens with two attached hydrogens (primary N) is 1. The second kappa shape index (κ2) is 3.69. The highest BCUT2D eigenvalue weighted by atomic mass is 28.4. The first kappa shape index (κ1) is 9.23. The summed E-state index contributed by atoms with van der Waals surface area (Å²) in [7, 11) is -1.32. The largest absolute Gasteiger partial charge is 0.402 e. The van der Waals surface area contributed by atoms with Crippen molar-refractivity contribution in [2.24, 2.45) is 5.73 Å². The number of hydrogen-bond acceptors (Lipinski definition) is 2. The topological polar surface area (TPSA) is 35.2 Å². The third-order valence-corrected chi connectivity index (χ3v) is 6.25. The van der Waals surface area contributed by atoms with Crippen molar-refractivity contribution in [1.82, 2.24) is 0 Å². The van der Waals surface area contributed by atoms with Crippen LogP contribution in [-0.4, -0.2) is 14.5 Å². The van der Waals surface area contributed by atoms with Gasteiger partial charge in [0.25, 0.3) is 0 Å². The van der Waals surface area contributed by atoms with Crippen molar-refractivity contribution >= 4 is 8.32 Å². The summed E-state index contributed by atoms with van der Waals surface area (Å²) in [5.74, 6) is 0. The molecule has 0 aromatic heterocycles. The van der Waals surface area contributed by atoms with E-state index in [1.54, 1.807) is 0 Å². The fourth-order valence-corrected chi connectivity index (χ4v) is 5.22. The first-order chi connectivity index (χ1) is 5.16. The third-order valence-electron chi connectivity index (χ3n) is 2.41. The summed E-state index contributed by atoms with van der Waals surface area (Å²) < 4.78 is 5.83. The minimum Gasteiger partial charge on any atom is -0.402 e. The first-order valence-electron chi connectivity index (χ1n) is 4.60. The van der Waals surface area contributed by atoms with Crippen LogP contribution in [-0.2, 0) is 4.43 Å². The van der Waals surface area contributed by atoms with Gasteiger partial charge in [0.2, 0.25) is 0 Å². The van der Waals surface area contributed by atoms with Gasteiger partial charge in [-0.05, 0) is 31.5 Å². The molecule has 0 amide bonds. The quantitative estimate of drug-likeness (QED) is 0.649. The maximum atomic E-state index is 5.83. The predicted octanol–water partition coefficient (Wildman–Crippen LogP) is 2.07. The van der Waals surface area contributed by atoms with Gasteiger partial charge in [0.1, 0.15) is 0 Å². The van der Waals surface area contributed by atoms with E-state index >= 15 is 0 Å². The van der Waals surface area contributed by atoms with Crippen LogP contribution < -0.4 is 5.73 Å². The van der Waals surface area contributed by atoms with E-state index in [9.17, 15) is 0 Å². The van der Waals surface area contributed by atoms with E-state index in [0.717, 1.165) is 6.42 Å². The van der Waals surface area contributed by atoms with E-state index in [1.165, 1.54) is 24.9 Å². The van der Waals surface area contributed by atoms with E-state index in [-0.39, 0.29) is 6.23 Å². The lowest BCUT2D eigenvalue weighted by Gasteiger charge is -2.35. The minimum absolute atomic E-state index is 0.0481. The number of hydrogen-bond donors (Lipinski definition) is 1. The molecule has 66 valence electrons. The van der Waals surface area contributed by atoms with Gasteiger partial charge in [-0.2, -0.15) is 0 Å². The molecule has 1 fully saturated rings. The van der Waals surface area contributed by atoms with E-state index in [0.29, 0.717) is 0 Å². The molecule has 1 saturated heterocycles. The predicted molar refractivity (Wildman–Crippen MR) is 49.8 cm³/mol. The molecule has 11 heavy (non-hydrogen) atoms. The van der Waals surface area contributed by atoms with Crippen molar-refractivity contribution in [3.05, 3.63) is 0 Å². The summed E-state index contributed by atoms with van der Waals surface area (Å²) in [5, 5.41) is 0. The summed E-state index contributed by atoms with van der Waals surface area (Å²) >= 11 is 0. The van der Waals surface area contributed by atoms with Crippen LogP contribution in [0.2, 0.25) is 18.6 Å². The van der Waals surface area contributed by atoms with Crippen molar-refractivity contribution in [3.63, 3.8) is 0 Å². The van der Waals surface area contributed by atoms with Crippen LogP contribution in [0.5, 0.6) is 0 Å². The zero-order chi connectivity index (χ0) is 8.32. The molecule has 2 unspecified atom stereocenters. The van der Waals surface area contributed by atoms with Gasteiger partial charge < -0.3 is 10.2 Å². The second-order valence-corrected chi connectivity index (χ2v) is 7.88. The van der Waals surface area contributed by atoms with Crippen LogP contribution >= 0.6 is 0 Å². The van der Waals surface area contributed by atoms with Gasteiger partial charge in [0.05, 0.1) is 6.23 Å². The molecule has 0 aromatic rings. The van der Waals surface area contributed by atoms with Gasteiger partial charge in [-0.25, -0.2) is 0 Å². The first-order valence-corrected chi connectivity index (χ1v) is 7.42. The van der Waals surface area contributed by atoms with E-state index < -0.39 is 8.32 Å². The maximum absolute atomic E-state index is 5.83. The molecular weight excluding hydrogens is 154 g/mol. The zero-order valence-electron chi connectivity index (χ0n) is 7.60. The monoisotopic (exact) mass is 173 g/mol. The van der Waals surface area contributed by atoms with Gasteiger partial charge >= 0.3 is 0 Å². The summed E-state index contributed by atoms with van der Waals surface area (Å²) in [6, 6.07) is 2.59. The summed E-state index contributed by atoms with van der Waals surface area (Å²) in [6.07, 6.45) is 3.64. The van der Waals surface area contributed by atoms with Crippen LogP contribution in [0.1, 0.15) is 26.2 Å². The van der Waals surface area contributed by atoms with Gasteiger partial charge in [-0.3, -0.25) is 0 Å². The number of rotatable bonds is 2. The summed E-state index contributed by atoms with van der Waals surface area (Å²) in [6.45, 7) is 4.54. The summed E-state index contributed by atoms with van der Waals surface area (Å²) in [4.78, 5) is 0. The lowest BCUT2D eigenvalue weighted by Crippen LogP contribution is -2.45. The van der Waals surface area contributed by atoms with Crippen LogP contribution in [0.25, 0.3) is 0 Å². The Hall–Kier alpha value is 0.137. The van der Waals surface area contributed by atoms with Crippen molar-refractivity contribution in [3.8, 4) is 0 Å². The average molecular weight is 173 g/mol. The van der Waals surface area contributed by atoms with Crippen molar-refractivity contribution in [2.75, 3.05) is 0 Å². The molecule has 1 rings (SSSR count). The molecule has 0 aliphatic carbocycles. The average Bonchev–Trinajstić information content (AvgIpc) is 1.86. The standard InChI is InChI=1S/C8H19NOSi/c1-3-6-11(2)7-4-5-8(9)10-11/h8H,3-7,9H2,1-2H3. The second-order valence-electron chi connectivity index (χ2n) is 3.75. The fraction of sp³-hybridized carbons (Fsp3) is 1.00. The lowest BCUT2D eigenvalue weighted by atomic mass is 10.3. The van der Waals surface area contributed by atoms with Crippen molar-refractivity contribution in [1.29, 1.82) is 0 Å². The molecule has 0 radical (unpaired) electrons. The third kappa shape index (κ3) is 2.58. The molecule has 0 spiro atoms. The normalized spacial score (nSPS) is 39.0. The highest BCUT2D eigenvalue weighted by Gasteiger charge is 2.33. The molecule has 0 bridgehead atoms. The van der Waals surface area contributed by atoms with Crippen LogP contribution in [0.15, 0.2) is 0 Å². The lowest BCUT2D eigenvalue weighted by molar-refractivity contribution is 0.164. The Kier molecular flexibility index (Phi) is 3.10. The van der Waals surface area contributed by atoms with Crippen LogP contribution in [0.3, 0.4) is 0 Å². The molecule has 1 heterocycles. The highest BCUT2D eigenvalue weighted by molar-refractivity contribution is 6.72. The van der Waals surface area contributed by atoms with Gasteiger partial charge in [-0.15, -0.1) is 0 Å². The minimum atomic E-state index is -1.32. The Balaban J connectivity index is 2.41. The van der Waals surface area contributed by atoms with Crippen LogP contribution in [0.4, 0.5) is 0 Å². The fourth-order valence-electron chi connectivity index (χ4n) is 1.87. The molecule has 0 aromatic carbocycles. The SMILES string of the molecule is CCC[Si]1(C)CCCC(N)O1. The molecule has 2 atom stereocenters. The Labute approximate surface area is 70.2 Å². The Morgan fingerprint density at radius 3 is 2.91 bits per heavy atom. The van der Waals surface area contributed by atoms with Gasteiger partial charge in [-0.1, -0.05) is 13.3 Å². The molecule has 1 aliphatic heterocycles. The molecule has 2 nitrogen and oxygen atoms in total. The summed E-state index contributed by atoms with van der Waals surface area (Å²) in [5.41, 5.74) is 5.75. The molecule has 0 saturated carbocycles. The molecular formula is C8H19NOSi. The zero-order valence-corrected chi connectivity index (χ0v) is 8.60. The van der Waals surface area contributed by atoms with E-state index in [1.807, 2.05) is 0 Å². The molecule has 3 heteroatoms. The van der Waals surface area contributed by atoms with Crippen molar-refractivity contribution in [2.45, 2.75) is 51.0 Å². The van der Waals surface area contributed by atoms with Gasteiger partial charge in [0, 0.05) is 0 Å². The Bertz CT molecular complexity index is 127. The smallest absolute Gasteiger partial charge is 0.191 e. The Morgan fingerprint density at radius 2 is 2.36 bits per heavy atom. The van der Waals surface area contributed by atoms with E-state index in [4.69, 9.17) is 10.2 Å². The van der Waals surface area contributed by atoms with Crippen LogP contribution in [0, 0.1) is 0 Å². The van der Waals surface area contributed by atoms with Gasteiger partial charge in [0.15, 0.2) is 8.32 Å². The maximum Gasteiger partial charge on any atom is 0.191 e.